The van der Waals surface area contributed by atoms with Crippen LogP contribution in [0.3, 0.4) is 0 Å². The first kappa shape index (κ1) is 26.7. The van der Waals surface area contributed by atoms with Gasteiger partial charge >= 0.3 is 0 Å². The fourth-order valence-corrected chi connectivity index (χ4v) is 5.40. The van der Waals surface area contributed by atoms with Crippen molar-refractivity contribution in [3.05, 3.63) is 83.4 Å². The lowest BCUT2D eigenvalue weighted by Crippen LogP contribution is -2.15. The first-order valence-corrected chi connectivity index (χ1v) is 14.1. The molecule has 2 aromatic rings. The van der Waals surface area contributed by atoms with Crippen LogP contribution in [0, 0.1) is 11.8 Å². The molecule has 186 valence electrons. The molecule has 0 spiro atoms. The molecular weight excluding hydrogens is 412 g/mol. The lowest BCUT2D eigenvalue weighted by atomic mass is 9.77. The Balaban J connectivity index is 1.24. The van der Waals surface area contributed by atoms with Crippen LogP contribution in [0.25, 0.3) is 0 Å². The Kier molecular flexibility index (Phi) is 12.5. The maximum atomic E-state index is 5.65. The van der Waals surface area contributed by atoms with Crippen molar-refractivity contribution in [1.82, 2.24) is 0 Å². The minimum absolute atomic E-state index is 0.751. The lowest BCUT2D eigenvalue weighted by molar-refractivity contribution is 0.121. The summed E-state index contributed by atoms with van der Waals surface area (Å²) in [5, 5.41) is 0. The molecule has 2 aromatic carbocycles. The number of hydrogen-bond donors (Lipinski definition) is 0. The van der Waals surface area contributed by atoms with Crippen LogP contribution in [0.5, 0.6) is 0 Å². The summed E-state index contributed by atoms with van der Waals surface area (Å²) in [5.41, 5.74) is 5.77. The third-order valence-corrected chi connectivity index (χ3v) is 7.67. The third kappa shape index (κ3) is 10.2. The van der Waals surface area contributed by atoms with Crippen LogP contribution >= 0.6 is 0 Å². The van der Waals surface area contributed by atoms with Crippen molar-refractivity contribution in [1.29, 1.82) is 0 Å². The summed E-state index contributed by atoms with van der Waals surface area (Å²) in [6.45, 7) is 7.58. The van der Waals surface area contributed by atoms with Gasteiger partial charge in [-0.2, -0.15) is 0 Å². The lowest BCUT2D eigenvalue weighted by Gasteiger charge is -2.28. The van der Waals surface area contributed by atoms with Gasteiger partial charge < -0.3 is 4.74 Å². The molecule has 0 saturated heterocycles. The van der Waals surface area contributed by atoms with E-state index in [-0.39, 0.29) is 0 Å². The zero-order chi connectivity index (χ0) is 23.8. The average Bonchev–Trinajstić information content (AvgIpc) is 2.88. The number of aryl methyl sites for hydroxylation is 3. The maximum Gasteiger partial charge on any atom is 0.0716 e. The molecule has 34 heavy (non-hydrogen) atoms. The molecule has 0 aliphatic heterocycles. The minimum Gasteiger partial charge on any atom is -0.377 e. The minimum atomic E-state index is 0.751. The molecule has 1 heteroatoms. The Hall–Kier alpha value is -1.86. The molecule has 1 nitrogen and oxygen atoms in total. The molecular formula is C33H48O. The predicted molar refractivity (Wildman–Crippen MR) is 147 cm³/mol. The third-order valence-electron chi connectivity index (χ3n) is 7.67. The SMILES string of the molecule is C=CCCCc1ccc(CCCC[C@H]2CC[C@H](CCc3ccc(COCCC)cc3)CC2)cc1. The van der Waals surface area contributed by atoms with Gasteiger partial charge in [-0.25, -0.2) is 0 Å². The Morgan fingerprint density at radius 3 is 1.82 bits per heavy atom. The van der Waals surface area contributed by atoms with Crippen LogP contribution < -0.4 is 0 Å². The van der Waals surface area contributed by atoms with Gasteiger partial charge in [-0.3, -0.25) is 0 Å². The van der Waals surface area contributed by atoms with Crippen LogP contribution in [0.15, 0.2) is 61.2 Å². The summed E-state index contributed by atoms with van der Waals surface area (Å²) in [5.74, 6) is 1.92. The number of ether oxygens (including phenoxy) is 1. The second kappa shape index (κ2) is 15.9. The van der Waals surface area contributed by atoms with E-state index in [1.165, 1.54) is 99.3 Å². The average molecular weight is 461 g/mol. The van der Waals surface area contributed by atoms with Gasteiger partial charge in [0.25, 0.3) is 0 Å². The fraction of sp³-hybridized carbons (Fsp3) is 0.576. The summed E-state index contributed by atoms with van der Waals surface area (Å²) < 4.78 is 5.65. The van der Waals surface area contributed by atoms with Gasteiger partial charge in [-0.15, -0.1) is 6.58 Å². The predicted octanol–water partition coefficient (Wildman–Crippen LogP) is 9.27. The van der Waals surface area contributed by atoms with E-state index in [1.54, 1.807) is 0 Å². The highest BCUT2D eigenvalue weighted by Crippen LogP contribution is 2.34. The molecule has 0 N–H and O–H groups in total. The molecule has 1 aliphatic carbocycles. The van der Waals surface area contributed by atoms with Crippen molar-refractivity contribution >= 4 is 0 Å². The zero-order valence-electron chi connectivity index (χ0n) is 21.8. The van der Waals surface area contributed by atoms with E-state index in [4.69, 9.17) is 4.74 Å². The molecule has 0 amide bonds. The summed E-state index contributed by atoms with van der Waals surface area (Å²) >= 11 is 0. The fourth-order valence-electron chi connectivity index (χ4n) is 5.40. The number of benzene rings is 2. The van der Waals surface area contributed by atoms with Crippen molar-refractivity contribution < 1.29 is 4.74 Å². The van der Waals surface area contributed by atoms with Crippen LogP contribution in [0.1, 0.15) is 99.8 Å². The highest BCUT2D eigenvalue weighted by Gasteiger charge is 2.20. The van der Waals surface area contributed by atoms with Gasteiger partial charge in [0, 0.05) is 6.61 Å². The van der Waals surface area contributed by atoms with E-state index in [1.807, 2.05) is 6.08 Å². The standard InChI is InChI=1S/C33H48O/c1-3-5-6-9-28-12-14-29(15-13-28)10-7-8-11-30-16-18-31(19-17-30)20-21-32-22-24-33(25-23-32)27-34-26-4-2/h3,12-15,22-25,30-31H,1,4-11,16-21,26-27H2,2H3/t30-,31-. The molecule has 0 bridgehead atoms. The van der Waals surface area contributed by atoms with E-state index in [0.29, 0.717) is 0 Å². The van der Waals surface area contributed by atoms with Crippen molar-refractivity contribution in [3.63, 3.8) is 0 Å². The number of hydrogen-bond acceptors (Lipinski definition) is 1. The zero-order valence-corrected chi connectivity index (χ0v) is 21.8. The number of rotatable bonds is 16. The van der Waals surface area contributed by atoms with E-state index in [9.17, 15) is 0 Å². The van der Waals surface area contributed by atoms with Gasteiger partial charge in [0.15, 0.2) is 0 Å². The first-order valence-electron chi connectivity index (χ1n) is 14.1. The van der Waals surface area contributed by atoms with E-state index in [2.05, 4.69) is 62.0 Å². The molecule has 3 rings (SSSR count). The first-order chi connectivity index (χ1) is 16.8. The second-order valence-electron chi connectivity index (χ2n) is 10.5. The Morgan fingerprint density at radius 1 is 0.706 bits per heavy atom. The maximum absolute atomic E-state index is 5.65. The Labute approximate surface area is 210 Å². The van der Waals surface area contributed by atoms with Crippen molar-refractivity contribution in [3.8, 4) is 0 Å². The van der Waals surface area contributed by atoms with Crippen LogP contribution in [0.2, 0.25) is 0 Å². The normalized spacial score (nSPS) is 18.1. The molecule has 0 radical (unpaired) electrons. The summed E-state index contributed by atoms with van der Waals surface area (Å²) in [4.78, 5) is 0. The van der Waals surface area contributed by atoms with E-state index >= 15 is 0 Å². The van der Waals surface area contributed by atoms with Gasteiger partial charge in [0.1, 0.15) is 0 Å². The topological polar surface area (TPSA) is 9.23 Å². The summed E-state index contributed by atoms with van der Waals surface area (Å²) in [6.07, 6.45) is 20.4. The van der Waals surface area contributed by atoms with E-state index < -0.39 is 0 Å². The summed E-state index contributed by atoms with van der Waals surface area (Å²) in [7, 11) is 0. The Bertz CT molecular complexity index is 780. The largest absolute Gasteiger partial charge is 0.377 e. The Morgan fingerprint density at radius 2 is 1.24 bits per heavy atom. The molecule has 0 heterocycles. The molecule has 1 fully saturated rings. The van der Waals surface area contributed by atoms with E-state index in [0.717, 1.165) is 37.9 Å². The van der Waals surface area contributed by atoms with Gasteiger partial charge in [-0.1, -0.05) is 100 Å². The molecule has 1 aliphatic rings. The summed E-state index contributed by atoms with van der Waals surface area (Å²) in [6, 6.07) is 18.5. The quantitative estimate of drug-likeness (QED) is 0.179. The van der Waals surface area contributed by atoms with Crippen molar-refractivity contribution in [2.45, 2.75) is 103 Å². The number of allylic oxidation sites excluding steroid dienone is 1. The molecule has 0 atom stereocenters. The van der Waals surface area contributed by atoms with Crippen molar-refractivity contribution in [2.75, 3.05) is 6.61 Å². The monoisotopic (exact) mass is 460 g/mol. The molecule has 0 aromatic heterocycles. The molecule has 0 unspecified atom stereocenters. The van der Waals surface area contributed by atoms with Gasteiger partial charge in [-0.05, 0) is 85.5 Å². The second-order valence-corrected chi connectivity index (χ2v) is 10.5. The highest BCUT2D eigenvalue weighted by molar-refractivity contribution is 5.23. The van der Waals surface area contributed by atoms with Gasteiger partial charge in [0.05, 0.1) is 6.61 Å². The van der Waals surface area contributed by atoms with Crippen molar-refractivity contribution in [2.24, 2.45) is 11.8 Å². The van der Waals surface area contributed by atoms with Crippen LogP contribution in [-0.4, -0.2) is 6.61 Å². The van der Waals surface area contributed by atoms with Gasteiger partial charge in [0.2, 0.25) is 0 Å². The highest BCUT2D eigenvalue weighted by atomic mass is 16.5. The van der Waals surface area contributed by atoms with Crippen LogP contribution in [0.4, 0.5) is 0 Å². The van der Waals surface area contributed by atoms with Crippen LogP contribution in [-0.2, 0) is 30.6 Å². The smallest absolute Gasteiger partial charge is 0.0716 e. The molecule has 1 saturated carbocycles. The number of unbranched alkanes of at least 4 members (excludes halogenated alkanes) is 2.